The van der Waals surface area contributed by atoms with Gasteiger partial charge >= 0.3 is 6.18 Å². The second kappa shape index (κ2) is 6.67. The van der Waals surface area contributed by atoms with Crippen molar-refractivity contribution in [2.24, 2.45) is 11.3 Å². The zero-order valence-electron chi connectivity index (χ0n) is 13.2. The van der Waals surface area contributed by atoms with Crippen LogP contribution in [0.4, 0.5) is 13.2 Å². The molecule has 2 amide bonds. The van der Waals surface area contributed by atoms with Crippen LogP contribution in [0.5, 0.6) is 0 Å². The molecule has 132 valence electrons. The Balaban J connectivity index is 1.91. The van der Waals surface area contributed by atoms with E-state index < -0.39 is 24.5 Å². The van der Waals surface area contributed by atoms with Crippen molar-refractivity contribution in [2.45, 2.75) is 38.8 Å². The molecule has 23 heavy (non-hydrogen) atoms. The number of hydrogen-bond acceptors (Lipinski definition) is 3. The van der Waals surface area contributed by atoms with Gasteiger partial charge in [0, 0.05) is 32.7 Å². The number of piperidine rings is 1. The van der Waals surface area contributed by atoms with Crippen LogP contribution < -0.4 is 0 Å². The largest absolute Gasteiger partial charge is 0.406 e. The van der Waals surface area contributed by atoms with E-state index in [0.29, 0.717) is 25.9 Å². The molecule has 0 radical (unpaired) electrons. The van der Waals surface area contributed by atoms with E-state index in [1.807, 2.05) is 6.92 Å². The average Bonchev–Trinajstić information content (AvgIpc) is 2.86. The molecule has 2 fully saturated rings. The van der Waals surface area contributed by atoms with Gasteiger partial charge < -0.3 is 14.9 Å². The van der Waals surface area contributed by atoms with Gasteiger partial charge in [-0.05, 0) is 24.7 Å². The normalized spacial score (nSPS) is 25.1. The maximum Gasteiger partial charge on any atom is 0.406 e. The van der Waals surface area contributed by atoms with Gasteiger partial charge in [0.1, 0.15) is 6.54 Å². The Bertz CT molecular complexity index is 453. The van der Waals surface area contributed by atoms with E-state index in [4.69, 9.17) is 0 Å². The van der Waals surface area contributed by atoms with Crippen molar-refractivity contribution in [1.82, 2.24) is 9.80 Å². The Labute approximate surface area is 133 Å². The van der Waals surface area contributed by atoms with Crippen molar-refractivity contribution >= 4 is 11.8 Å². The van der Waals surface area contributed by atoms with Crippen LogP contribution in [0.2, 0.25) is 0 Å². The van der Waals surface area contributed by atoms with Crippen molar-refractivity contribution in [3.8, 4) is 0 Å². The molecule has 0 spiro atoms. The Kier molecular flexibility index (Phi) is 5.23. The third-order valence-electron chi connectivity index (χ3n) is 5.16. The van der Waals surface area contributed by atoms with Gasteiger partial charge in [0.15, 0.2) is 0 Å². The Morgan fingerprint density at radius 1 is 1.35 bits per heavy atom. The number of halogens is 3. The first-order valence-electron chi connectivity index (χ1n) is 7.94. The number of alkyl halides is 3. The standard InChI is InChI=1S/C15H23F3N2O3/c1-2-14(10-21)3-5-19(6-4-14)13(23)11-7-12(22)20(8-11)9-15(16,17)18/h11,21H,2-10H2,1H3. The van der Waals surface area contributed by atoms with Gasteiger partial charge in [0.05, 0.1) is 5.92 Å². The predicted octanol–water partition coefficient (Wildman–Crippen LogP) is 1.41. The average molecular weight is 336 g/mol. The Hall–Kier alpha value is -1.31. The summed E-state index contributed by atoms with van der Waals surface area (Å²) >= 11 is 0. The van der Waals surface area contributed by atoms with Gasteiger partial charge in [-0.25, -0.2) is 0 Å². The van der Waals surface area contributed by atoms with Crippen LogP contribution in [-0.4, -0.2) is 65.7 Å². The summed E-state index contributed by atoms with van der Waals surface area (Å²) in [5.74, 6) is -1.55. The number of carbonyl (C=O) groups excluding carboxylic acids is 2. The minimum atomic E-state index is -4.44. The van der Waals surface area contributed by atoms with E-state index in [1.54, 1.807) is 4.90 Å². The van der Waals surface area contributed by atoms with Crippen LogP contribution >= 0.6 is 0 Å². The van der Waals surface area contributed by atoms with E-state index in [0.717, 1.165) is 11.3 Å². The first kappa shape index (κ1) is 18.0. The number of aliphatic hydroxyl groups excluding tert-OH is 1. The summed E-state index contributed by atoms with van der Waals surface area (Å²) in [6, 6.07) is 0. The van der Waals surface area contributed by atoms with Crippen LogP contribution in [0.25, 0.3) is 0 Å². The van der Waals surface area contributed by atoms with E-state index >= 15 is 0 Å². The summed E-state index contributed by atoms with van der Waals surface area (Å²) in [5.41, 5.74) is -0.162. The smallest absolute Gasteiger partial charge is 0.396 e. The molecule has 1 unspecified atom stereocenters. The number of hydrogen-bond donors (Lipinski definition) is 1. The maximum atomic E-state index is 12.4. The van der Waals surface area contributed by atoms with Crippen LogP contribution in [0, 0.1) is 11.3 Å². The molecule has 0 aromatic rings. The highest BCUT2D eigenvalue weighted by Crippen LogP contribution is 2.35. The molecular weight excluding hydrogens is 313 g/mol. The lowest BCUT2D eigenvalue weighted by Crippen LogP contribution is -2.47. The third-order valence-corrected chi connectivity index (χ3v) is 5.16. The summed E-state index contributed by atoms with van der Waals surface area (Å²) in [6.45, 7) is 1.59. The summed E-state index contributed by atoms with van der Waals surface area (Å²) in [5, 5.41) is 9.49. The van der Waals surface area contributed by atoms with Gasteiger partial charge in [-0.3, -0.25) is 9.59 Å². The monoisotopic (exact) mass is 336 g/mol. The Morgan fingerprint density at radius 3 is 2.43 bits per heavy atom. The van der Waals surface area contributed by atoms with Crippen molar-refractivity contribution in [3.05, 3.63) is 0 Å². The lowest BCUT2D eigenvalue weighted by Gasteiger charge is -2.41. The van der Waals surface area contributed by atoms with Crippen molar-refractivity contribution in [1.29, 1.82) is 0 Å². The predicted molar refractivity (Wildman–Crippen MR) is 76.4 cm³/mol. The lowest BCUT2D eigenvalue weighted by atomic mass is 9.77. The highest BCUT2D eigenvalue weighted by molar-refractivity contribution is 5.89. The Morgan fingerprint density at radius 2 is 1.96 bits per heavy atom. The van der Waals surface area contributed by atoms with Gasteiger partial charge in [0.25, 0.3) is 0 Å². The highest BCUT2D eigenvalue weighted by Gasteiger charge is 2.43. The number of aliphatic hydroxyl groups is 1. The van der Waals surface area contributed by atoms with Crippen LogP contribution in [-0.2, 0) is 9.59 Å². The van der Waals surface area contributed by atoms with E-state index in [1.165, 1.54) is 0 Å². The first-order valence-corrected chi connectivity index (χ1v) is 7.94. The number of carbonyl (C=O) groups is 2. The van der Waals surface area contributed by atoms with Gasteiger partial charge in [-0.2, -0.15) is 13.2 Å². The molecule has 8 heteroatoms. The molecule has 2 heterocycles. The molecule has 5 nitrogen and oxygen atoms in total. The number of amides is 2. The molecule has 0 aliphatic carbocycles. The molecule has 0 aromatic heterocycles. The second-order valence-electron chi connectivity index (χ2n) is 6.63. The first-order chi connectivity index (χ1) is 10.7. The molecule has 0 bridgehead atoms. The second-order valence-corrected chi connectivity index (χ2v) is 6.63. The molecule has 2 aliphatic rings. The summed E-state index contributed by atoms with van der Waals surface area (Å²) < 4.78 is 37.2. The fourth-order valence-corrected chi connectivity index (χ4v) is 3.39. The summed E-state index contributed by atoms with van der Waals surface area (Å²) in [6.07, 6.45) is -2.41. The van der Waals surface area contributed by atoms with E-state index in [-0.39, 0.29) is 30.9 Å². The quantitative estimate of drug-likeness (QED) is 0.844. The highest BCUT2D eigenvalue weighted by atomic mass is 19.4. The van der Waals surface area contributed by atoms with Crippen molar-refractivity contribution in [2.75, 3.05) is 32.8 Å². The van der Waals surface area contributed by atoms with E-state index in [2.05, 4.69) is 0 Å². The minimum absolute atomic E-state index is 0.0762. The molecule has 2 rings (SSSR count). The zero-order valence-corrected chi connectivity index (χ0v) is 13.2. The van der Waals surface area contributed by atoms with E-state index in [9.17, 15) is 27.9 Å². The van der Waals surface area contributed by atoms with Gasteiger partial charge in [0.2, 0.25) is 11.8 Å². The zero-order chi connectivity index (χ0) is 17.3. The van der Waals surface area contributed by atoms with Crippen LogP contribution in [0.15, 0.2) is 0 Å². The van der Waals surface area contributed by atoms with Crippen molar-refractivity contribution < 1.29 is 27.9 Å². The van der Waals surface area contributed by atoms with Crippen LogP contribution in [0.3, 0.4) is 0 Å². The maximum absolute atomic E-state index is 12.4. The summed E-state index contributed by atoms with van der Waals surface area (Å²) in [4.78, 5) is 26.5. The number of nitrogens with zero attached hydrogens (tertiary/aromatic N) is 2. The number of likely N-dealkylation sites (tertiary alicyclic amines) is 2. The topological polar surface area (TPSA) is 60.9 Å². The minimum Gasteiger partial charge on any atom is -0.396 e. The number of rotatable bonds is 4. The molecule has 2 saturated heterocycles. The molecule has 0 aromatic carbocycles. The SMILES string of the molecule is CCC1(CO)CCN(C(=O)C2CC(=O)N(CC(F)(F)F)C2)CC1. The van der Waals surface area contributed by atoms with Gasteiger partial charge in [-0.1, -0.05) is 6.92 Å². The molecule has 0 saturated carbocycles. The van der Waals surface area contributed by atoms with Gasteiger partial charge in [-0.15, -0.1) is 0 Å². The van der Waals surface area contributed by atoms with Crippen molar-refractivity contribution in [3.63, 3.8) is 0 Å². The fourth-order valence-electron chi connectivity index (χ4n) is 3.39. The molecule has 2 aliphatic heterocycles. The molecular formula is C15H23F3N2O3. The fraction of sp³-hybridized carbons (Fsp3) is 0.867. The molecule has 1 atom stereocenters. The molecule has 1 N–H and O–H groups in total. The lowest BCUT2D eigenvalue weighted by molar-refractivity contribution is -0.157. The van der Waals surface area contributed by atoms with Crippen LogP contribution in [0.1, 0.15) is 32.6 Å². The third kappa shape index (κ3) is 4.16. The summed E-state index contributed by atoms with van der Waals surface area (Å²) in [7, 11) is 0.